The number of thiophene rings is 1. The molecule has 0 radical (unpaired) electrons. The molecule has 1 rings (SSSR count). The number of carbonyl (C=O) groups excluding carboxylic acids is 1. The van der Waals surface area contributed by atoms with E-state index in [0.29, 0.717) is 18.8 Å². The van der Waals surface area contributed by atoms with Crippen LogP contribution in [0.1, 0.15) is 11.3 Å². The molecule has 0 unspecified atom stereocenters. The minimum atomic E-state index is 0.0237. The van der Waals surface area contributed by atoms with Gasteiger partial charge in [-0.3, -0.25) is 4.79 Å². The number of carbonyl (C=O) groups is 1. The minimum absolute atomic E-state index is 0.0237. The van der Waals surface area contributed by atoms with E-state index in [9.17, 15) is 4.79 Å². The molecule has 1 N–H and O–H groups in total. The summed E-state index contributed by atoms with van der Waals surface area (Å²) in [6.07, 6.45) is 1.28. The van der Waals surface area contributed by atoms with Gasteiger partial charge in [0.2, 0.25) is 5.91 Å². The van der Waals surface area contributed by atoms with E-state index in [1.165, 1.54) is 4.88 Å². The number of amides is 1. The van der Waals surface area contributed by atoms with Crippen LogP contribution >= 0.6 is 38.9 Å². The second-order valence-electron chi connectivity index (χ2n) is 2.77. The molecule has 78 valence electrons. The Morgan fingerprint density at radius 3 is 3.00 bits per heavy atom. The fourth-order valence-electron chi connectivity index (χ4n) is 0.984. The Bertz CT molecular complexity index is 303. The van der Waals surface area contributed by atoms with E-state index in [-0.39, 0.29) is 5.91 Å². The van der Waals surface area contributed by atoms with Gasteiger partial charge < -0.3 is 5.32 Å². The molecule has 1 amide bonds. The van der Waals surface area contributed by atoms with E-state index in [4.69, 9.17) is 11.6 Å². The third kappa shape index (κ3) is 4.44. The standard InChI is InChI=1S/C9H11BrClNOS/c10-7-5-8(14-6-7)2-4-12-9(13)1-3-11/h5-6H,1-4H2,(H,12,13). The molecule has 5 heteroatoms. The van der Waals surface area contributed by atoms with Gasteiger partial charge in [-0.25, -0.2) is 0 Å². The summed E-state index contributed by atoms with van der Waals surface area (Å²) in [7, 11) is 0. The van der Waals surface area contributed by atoms with Crippen LogP contribution in [0.3, 0.4) is 0 Å². The first-order valence-electron chi connectivity index (χ1n) is 4.28. The van der Waals surface area contributed by atoms with Crippen LogP contribution in [0.15, 0.2) is 15.9 Å². The number of hydrogen-bond donors (Lipinski definition) is 1. The van der Waals surface area contributed by atoms with Crippen molar-refractivity contribution >= 4 is 44.8 Å². The zero-order valence-corrected chi connectivity index (χ0v) is 10.7. The average molecular weight is 297 g/mol. The van der Waals surface area contributed by atoms with Crippen molar-refractivity contribution in [2.45, 2.75) is 12.8 Å². The lowest BCUT2D eigenvalue weighted by atomic mass is 10.3. The second-order valence-corrected chi connectivity index (χ2v) is 5.06. The maximum Gasteiger partial charge on any atom is 0.221 e. The summed E-state index contributed by atoms with van der Waals surface area (Å²) in [6.45, 7) is 0.683. The third-order valence-electron chi connectivity index (χ3n) is 1.64. The molecule has 2 nitrogen and oxygen atoms in total. The number of hydrogen-bond acceptors (Lipinski definition) is 2. The summed E-state index contributed by atoms with van der Waals surface area (Å²) in [6, 6.07) is 2.07. The molecule has 1 heterocycles. The first kappa shape index (κ1) is 12.0. The van der Waals surface area contributed by atoms with E-state index in [2.05, 4.69) is 27.3 Å². The molecule has 1 aromatic rings. The number of nitrogens with one attached hydrogen (secondary N) is 1. The van der Waals surface area contributed by atoms with Crippen molar-refractivity contribution in [1.82, 2.24) is 5.32 Å². The number of halogens is 2. The molecule has 0 aliphatic rings. The van der Waals surface area contributed by atoms with Gasteiger partial charge in [-0.1, -0.05) is 0 Å². The third-order valence-corrected chi connectivity index (χ3v) is 3.58. The van der Waals surface area contributed by atoms with Gasteiger partial charge in [0, 0.05) is 33.6 Å². The van der Waals surface area contributed by atoms with Gasteiger partial charge in [0.15, 0.2) is 0 Å². The summed E-state index contributed by atoms with van der Waals surface area (Å²) in [5.74, 6) is 0.409. The molecule has 0 atom stereocenters. The van der Waals surface area contributed by atoms with Gasteiger partial charge in [-0.15, -0.1) is 22.9 Å². The van der Waals surface area contributed by atoms with Crippen LogP contribution in [-0.2, 0) is 11.2 Å². The first-order valence-corrected chi connectivity index (χ1v) is 6.48. The smallest absolute Gasteiger partial charge is 0.221 e. The van der Waals surface area contributed by atoms with Gasteiger partial charge >= 0.3 is 0 Å². The van der Waals surface area contributed by atoms with E-state index < -0.39 is 0 Å². The topological polar surface area (TPSA) is 29.1 Å². The molecular weight excluding hydrogens is 286 g/mol. The highest BCUT2D eigenvalue weighted by Gasteiger charge is 2.00. The molecule has 0 aliphatic carbocycles. The van der Waals surface area contributed by atoms with E-state index >= 15 is 0 Å². The van der Waals surface area contributed by atoms with Crippen molar-refractivity contribution in [1.29, 1.82) is 0 Å². The highest BCUT2D eigenvalue weighted by molar-refractivity contribution is 9.10. The Hall–Kier alpha value is -0.0600. The molecule has 0 saturated heterocycles. The highest BCUT2D eigenvalue weighted by Crippen LogP contribution is 2.19. The normalized spacial score (nSPS) is 10.1. The van der Waals surface area contributed by atoms with Crippen molar-refractivity contribution in [2.24, 2.45) is 0 Å². The second kappa shape index (κ2) is 6.43. The van der Waals surface area contributed by atoms with Crippen LogP contribution in [0.5, 0.6) is 0 Å². The molecule has 0 saturated carbocycles. The maximum absolute atomic E-state index is 11.0. The molecular formula is C9H11BrClNOS. The van der Waals surface area contributed by atoms with Gasteiger partial charge in [0.1, 0.15) is 0 Å². The van der Waals surface area contributed by atoms with Crippen LogP contribution in [0, 0.1) is 0 Å². The lowest BCUT2D eigenvalue weighted by Gasteiger charge is -2.01. The van der Waals surface area contributed by atoms with Crippen LogP contribution < -0.4 is 5.32 Å². The maximum atomic E-state index is 11.0. The predicted molar refractivity (Wildman–Crippen MR) is 64.1 cm³/mol. The van der Waals surface area contributed by atoms with Crippen molar-refractivity contribution in [3.05, 3.63) is 20.8 Å². The van der Waals surface area contributed by atoms with Gasteiger partial charge in [0.05, 0.1) is 0 Å². The fourth-order valence-corrected chi connectivity index (χ4v) is 2.61. The Balaban J connectivity index is 2.18. The van der Waals surface area contributed by atoms with Crippen molar-refractivity contribution in [3.8, 4) is 0 Å². The number of alkyl halides is 1. The zero-order chi connectivity index (χ0) is 10.4. The summed E-state index contributed by atoms with van der Waals surface area (Å²) in [5, 5.41) is 4.85. The van der Waals surface area contributed by atoms with E-state index in [0.717, 1.165) is 10.9 Å². The molecule has 1 aromatic heterocycles. The van der Waals surface area contributed by atoms with Gasteiger partial charge in [-0.2, -0.15) is 0 Å². The van der Waals surface area contributed by atoms with Gasteiger partial charge in [0.25, 0.3) is 0 Å². The highest BCUT2D eigenvalue weighted by atomic mass is 79.9. The first-order chi connectivity index (χ1) is 6.72. The summed E-state index contributed by atoms with van der Waals surface area (Å²) >= 11 is 10.5. The van der Waals surface area contributed by atoms with Crippen LogP contribution in [0.4, 0.5) is 0 Å². The minimum Gasteiger partial charge on any atom is -0.356 e. The van der Waals surface area contributed by atoms with Crippen molar-refractivity contribution < 1.29 is 4.79 Å². The molecule has 0 aliphatic heterocycles. The lowest BCUT2D eigenvalue weighted by molar-refractivity contribution is -0.120. The Kier molecular flexibility index (Phi) is 5.52. The lowest BCUT2D eigenvalue weighted by Crippen LogP contribution is -2.25. The predicted octanol–water partition coefficient (Wildman–Crippen LogP) is 2.80. The molecule has 0 spiro atoms. The summed E-state index contributed by atoms with van der Waals surface area (Å²) < 4.78 is 1.10. The van der Waals surface area contributed by atoms with Gasteiger partial charge in [-0.05, 0) is 28.4 Å². The zero-order valence-electron chi connectivity index (χ0n) is 7.56. The van der Waals surface area contributed by atoms with E-state index in [1.807, 2.05) is 5.38 Å². The summed E-state index contributed by atoms with van der Waals surface area (Å²) in [4.78, 5) is 12.3. The van der Waals surface area contributed by atoms with Crippen molar-refractivity contribution in [3.63, 3.8) is 0 Å². The van der Waals surface area contributed by atoms with Crippen LogP contribution in [-0.4, -0.2) is 18.3 Å². The Morgan fingerprint density at radius 2 is 2.43 bits per heavy atom. The largest absolute Gasteiger partial charge is 0.356 e. The summed E-state index contributed by atoms with van der Waals surface area (Å²) in [5.41, 5.74) is 0. The number of rotatable bonds is 5. The Morgan fingerprint density at radius 1 is 1.64 bits per heavy atom. The quantitative estimate of drug-likeness (QED) is 0.832. The SMILES string of the molecule is O=C(CCCl)NCCc1cc(Br)cs1. The average Bonchev–Trinajstić information content (AvgIpc) is 2.52. The Labute approximate surface area is 101 Å². The van der Waals surface area contributed by atoms with Crippen molar-refractivity contribution in [2.75, 3.05) is 12.4 Å². The monoisotopic (exact) mass is 295 g/mol. The van der Waals surface area contributed by atoms with Crippen LogP contribution in [0.25, 0.3) is 0 Å². The molecule has 0 bridgehead atoms. The van der Waals surface area contributed by atoms with Crippen LogP contribution in [0.2, 0.25) is 0 Å². The fraction of sp³-hybridized carbons (Fsp3) is 0.444. The molecule has 14 heavy (non-hydrogen) atoms. The molecule has 0 fully saturated rings. The molecule has 0 aromatic carbocycles. The van der Waals surface area contributed by atoms with E-state index in [1.54, 1.807) is 11.3 Å².